The zero-order valence-electron chi connectivity index (χ0n) is 35.1. The summed E-state index contributed by atoms with van der Waals surface area (Å²) in [6.07, 6.45) is 7.18. The first-order valence-corrected chi connectivity index (χ1v) is 25.5. The number of imidazole rings is 1. The molecule has 63 heavy (non-hydrogen) atoms. The number of aliphatic hydroxyl groups excluding tert-OH is 2. The highest BCUT2D eigenvalue weighted by atomic mass is 32.2. The molecule has 24 nitrogen and oxygen atoms in total. The molecule has 0 saturated carbocycles. The summed E-state index contributed by atoms with van der Waals surface area (Å²) in [6.45, 7) is 2.28. The van der Waals surface area contributed by atoms with Crippen molar-refractivity contribution in [2.75, 3.05) is 37.8 Å². The zero-order chi connectivity index (χ0) is 46.8. The molecule has 1 fully saturated rings. The minimum absolute atomic E-state index is 0.0192. The van der Waals surface area contributed by atoms with E-state index in [1.165, 1.54) is 33.1 Å². The molecule has 2 aromatic rings. The number of phosphoric ester groups is 3. The third-order valence-corrected chi connectivity index (χ3v) is 13.3. The molecule has 358 valence electrons. The fourth-order valence-electron chi connectivity index (χ4n) is 6.04. The van der Waals surface area contributed by atoms with Crippen LogP contribution in [0.2, 0.25) is 0 Å². The van der Waals surface area contributed by atoms with Gasteiger partial charge in [0.25, 0.3) is 15.6 Å². The monoisotopic (exact) mass is 971 g/mol. The Bertz CT molecular complexity index is 1970. The maximum Gasteiger partial charge on any atom is 0.274 e. The molecule has 1 aliphatic heterocycles. The van der Waals surface area contributed by atoms with Gasteiger partial charge in [0, 0.05) is 37.1 Å². The van der Waals surface area contributed by atoms with Gasteiger partial charge in [0.2, 0.25) is 11.8 Å². The molecule has 0 radical (unpaired) electrons. The van der Waals surface area contributed by atoms with Crippen molar-refractivity contribution in [3.8, 4) is 0 Å². The third kappa shape index (κ3) is 19.4. The normalized spacial score (nSPS) is 20.7. The molecule has 6 N–H and O–H groups in total. The Morgan fingerprint density at radius 2 is 1.63 bits per heavy atom. The van der Waals surface area contributed by atoms with Crippen LogP contribution in [0.4, 0.5) is 5.82 Å². The minimum atomic E-state index is -5.92. The molecular weight excluding hydrogens is 915 g/mol. The smallest absolute Gasteiger partial charge is 0.274 e. The number of nitrogens with two attached hydrogens (primary N) is 1. The molecule has 1 saturated heterocycles. The van der Waals surface area contributed by atoms with E-state index in [0.717, 1.165) is 67.5 Å². The Labute approximate surface area is 368 Å². The fraction of sp³-hybridized carbons (Fsp3) is 0.714. The number of nitrogens with one attached hydrogen (secondary N) is 2. The Hall–Kier alpha value is -2.70. The van der Waals surface area contributed by atoms with E-state index in [9.17, 15) is 57.9 Å². The molecule has 3 rings (SSSR count). The van der Waals surface area contributed by atoms with E-state index in [0.29, 0.717) is 12.2 Å². The predicted octanol–water partition coefficient (Wildman–Crippen LogP) is 0.614. The number of amides is 2. The first kappa shape index (κ1) is 54.6. The molecule has 28 heteroatoms. The van der Waals surface area contributed by atoms with Gasteiger partial charge in [-0.3, -0.25) is 28.1 Å². The van der Waals surface area contributed by atoms with E-state index in [1.807, 2.05) is 0 Å². The number of hydrogen-bond donors (Lipinski definition) is 5. The summed E-state index contributed by atoms with van der Waals surface area (Å²) in [7, 11) is -17.6. The highest BCUT2D eigenvalue weighted by Crippen LogP contribution is 2.56. The number of anilines is 1. The molecule has 0 aromatic carbocycles. The van der Waals surface area contributed by atoms with Gasteiger partial charge in [0.05, 0.1) is 27.4 Å². The van der Waals surface area contributed by atoms with Crippen LogP contribution in [-0.2, 0) is 50.7 Å². The summed E-state index contributed by atoms with van der Waals surface area (Å²) in [4.78, 5) is 96.6. The number of nitrogens with zero attached hydrogens (tertiary/aromatic N) is 4. The first-order valence-electron chi connectivity index (χ1n) is 20.2. The quantitative estimate of drug-likeness (QED) is 0.0407. The van der Waals surface area contributed by atoms with Crippen LogP contribution < -0.4 is 35.9 Å². The Morgan fingerprint density at radius 1 is 0.968 bits per heavy atom. The van der Waals surface area contributed by atoms with Crippen molar-refractivity contribution in [2.24, 2.45) is 5.41 Å². The topological polar surface area (TPSA) is 375 Å². The number of ether oxygens (including phenoxy) is 1. The largest absolute Gasteiger partial charge is 0.790 e. The molecule has 0 spiro atoms. The van der Waals surface area contributed by atoms with Gasteiger partial charge in [-0.05, 0) is 25.7 Å². The molecule has 2 amide bonds. The number of thioether (sulfide) groups is 1. The van der Waals surface area contributed by atoms with Gasteiger partial charge in [0.15, 0.2) is 22.8 Å². The van der Waals surface area contributed by atoms with Crippen LogP contribution in [0.15, 0.2) is 24.8 Å². The van der Waals surface area contributed by atoms with Crippen molar-refractivity contribution in [1.82, 2.24) is 30.2 Å². The lowest BCUT2D eigenvalue weighted by molar-refractivity contribution is -0.347. The van der Waals surface area contributed by atoms with Crippen LogP contribution in [0.25, 0.3) is 11.2 Å². The van der Waals surface area contributed by atoms with Crippen LogP contribution >= 0.6 is 35.2 Å². The highest BCUT2D eigenvalue weighted by Gasteiger charge is 2.47. The van der Waals surface area contributed by atoms with Crippen LogP contribution in [0.1, 0.15) is 97.6 Å². The number of unbranched alkanes of at least 4 members (excludes halogenated alkanes) is 7. The second kappa shape index (κ2) is 25.9. The molecule has 3 heterocycles. The average molecular weight is 972 g/mol. The van der Waals surface area contributed by atoms with Gasteiger partial charge < -0.3 is 69.0 Å². The number of aromatic nitrogens is 4. The van der Waals surface area contributed by atoms with Crippen molar-refractivity contribution in [1.29, 1.82) is 0 Å². The second-order valence-electron chi connectivity index (χ2n) is 15.1. The number of carbonyl (C=O) groups excluding carboxylic acids is 3. The van der Waals surface area contributed by atoms with Crippen LogP contribution in [-0.4, -0.2) is 103 Å². The third-order valence-electron chi connectivity index (χ3n) is 9.39. The number of allylic oxidation sites excluding steroid dienone is 2. The number of rotatable bonds is 30. The first-order chi connectivity index (χ1) is 29.6. The Balaban J connectivity index is 1.36. The number of carbonyl (C=O) groups is 3. The van der Waals surface area contributed by atoms with E-state index >= 15 is 0 Å². The summed E-state index contributed by atoms with van der Waals surface area (Å²) in [5.74, 6) is -1.14. The van der Waals surface area contributed by atoms with Gasteiger partial charge in [-0.15, -0.1) is 0 Å². The van der Waals surface area contributed by atoms with Gasteiger partial charge in [-0.1, -0.05) is 76.8 Å². The average Bonchev–Trinajstić information content (AvgIpc) is 3.76. The SMILES string of the molecule is CC/C=C\CCCCCCCCCC(=O)SCCNC(=O)CCNC(=O)[C@H](O)C(C)(C)COP(=O)([O-])OP(=O)([O-])OC[C@H]1O[C@@H](n2cnc3c(N)ncnc32)[C@H](O)[C@@H]1OP(=O)([O-])[O-]. The summed E-state index contributed by atoms with van der Waals surface area (Å²) < 4.78 is 60.7. The number of aliphatic hydroxyl groups is 2. The van der Waals surface area contributed by atoms with Crippen LogP contribution in [0.3, 0.4) is 0 Å². The van der Waals surface area contributed by atoms with Crippen molar-refractivity contribution < 1.29 is 80.5 Å². The zero-order valence-corrected chi connectivity index (χ0v) is 38.6. The van der Waals surface area contributed by atoms with E-state index in [-0.39, 0.29) is 41.6 Å². The number of phosphoric acid groups is 3. The highest BCUT2D eigenvalue weighted by molar-refractivity contribution is 8.13. The van der Waals surface area contributed by atoms with Gasteiger partial charge in [0.1, 0.15) is 36.3 Å². The lowest BCUT2D eigenvalue weighted by Crippen LogP contribution is -2.46. The number of hydrogen-bond acceptors (Lipinski definition) is 22. The predicted molar refractivity (Wildman–Crippen MR) is 219 cm³/mol. The van der Waals surface area contributed by atoms with E-state index in [2.05, 4.69) is 62.5 Å². The second-order valence-corrected chi connectivity index (χ2v) is 20.3. The molecule has 2 aromatic heterocycles. The maximum atomic E-state index is 12.6. The standard InChI is InChI=1S/C35H60N7O17P3S/c1-4-5-6-7-8-9-10-11-12-13-14-15-26(44)63-19-18-37-25(43)16-17-38-33(47)30(46)35(2,3)21-56-62(53,54)59-61(51,52)55-20-24-29(58-60(48,49)50)28(45)34(57-24)42-23-41-27-31(36)39-22-40-32(27)42/h5-6,22-24,28-30,34,45-46H,4,7-21H2,1-3H3,(H,37,43)(H,38,47)(H,51,52)(H,53,54)(H2,36,39,40)(H2,48,49,50)/p-4/b6-5-/t24-,28-,29-,30+,34-/m1/s1. The molecule has 7 atom stereocenters. The van der Waals surface area contributed by atoms with E-state index in [4.69, 9.17) is 10.5 Å². The Kier molecular flexibility index (Phi) is 22.4. The number of nitrogen functional groups attached to an aromatic ring is 1. The molecule has 0 bridgehead atoms. The van der Waals surface area contributed by atoms with Crippen molar-refractivity contribution >= 4 is 69.1 Å². The van der Waals surface area contributed by atoms with E-state index < -0.39 is 84.6 Å². The molecule has 1 aliphatic rings. The lowest BCUT2D eigenvalue weighted by atomic mass is 9.87. The molecular formula is C35H56N7O17P3S-4. The summed E-state index contributed by atoms with van der Waals surface area (Å²) >= 11 is 1.13. The van der Waals surface area contributed by atoms with Gasteiger partial charge in [-0.25, -0.2) is 19.3 Å². The van der Waals surface area contributed by atoms with Crippen molar-refractivity contribution in [3.63, 3.8) is 0 Å². The summed E-state index contributed by atoms with van der Waals surface area (Å²) in [5, 5.41) is 26.4. The van der Waals surface area contributed by atoms with E-state index in [1.54, 1.807) is 0 Å². The summed E-state index contributed by atoms with van der Waals surface area (Å²) in [5.41, 5.74) is 4.09. The lowest BCUT2D eigenvalue weighted by Gasteiger charge is -2.36. The molecule has 0 aliphatic carbocycles. The maximum absolute atomic E-state index is 12.6. The van der Waals surface area contributed by atoms with Gasteiger partial charge in [-0.2, -0.15) is 0 Å². The molecule has 2 unspecified atom stereocenters. The van der Waals surface area contributed by atoms with Crippen LogP contribution in [0, 0.1) is 5.41 Å². The Morgan fingerprint density at radius 3 is 2.32 bits per heavy atom. The van der Waals surface area contributed by atoms with Crippen LogP contribution in [0.5, 0.6) is 0 Å². The van der Waals surface area contributed by atoms with Crippen molar-refractivity contribution in [3.05, 3.63) is 24.8 Å². The minimum Gasteiger partial charge on any atom is -0.790 e. The van der Waals surface area contributed by atoms with Gasteiger partial charge >= 0.3 is 0 Å². The van der Waals surface area contributed by atoms with Crippen molar-refractivity contribution in [2.45, 2.75) is 122 Å². The number of fused-ring (bicyclic) bond motifs is 1. The summed E-state index contributed by atoms with van der Waals surface area (Å²) in [6, 6.07) is 0. The fourth-order valence-corrected chi connectivity index (χ4v) is 9.50.